The Hall–Kier alpha value is -2.39. The molecule has 2 aromatic carbocycles. The summed E-state index contributed by atoms with van der Waals surface area (Å²) >= 11 is 0. The zero-order valence-electron chi connectivity index (χ0n) is 13.3. The van der Waals surface area contributed by atoms with Crippen LogP contribution in [0.5, 0.6) is 0 Å². The molecule has 1 amide bonds. The number of hydrogen-bond donors (Lipinski definition) is 1. The van der Waals surface area contributed by atoms with Crippen LogP contribution in [-0.2, 0) is 16.1 Å². The van der Waals surface area contributed by atoms with Gasteiger partial charge in [0.25, 0.3) is 0 Å². The fourth-order valence-corrected chi connectivity index (χ4v) is 2.10. The molecule has 0 fully saturated rings. The van der Waals surface area contributed by atoms with Crippen LogP contribution >= 0.6 is 0 Å². The van der Waals surface area contributed by atoms with Crippen molar-refractivity contribution < 1.29 is 9.53 Å². The van der Waals surface area contributed by atoms with Crippen molar-refractivity contribution in [2.24, 2.45) is 0 Å². The maximum Gasteiger partial charge on any atom is 0.222 e. The first-order chi connectivity index (χ1) is 11.3. The minimum Gasteiger partial charge on any atom is -0.376 e. The van der Waals surface area contributed by atoms with Gasteiger partial charge in [-0.2, -0.15) is 0 Å². The van der Waals surface area contributed by atoms with E-state index < -0.39 is 0 Å². The molecule has 23 heavy (non-hydrogen) atoms. The van der Waals surface area contributed by atoms with Gasteiger partial charge in [0.15, 0.2) is 0 Å². The van der Waals surface area contributed by atoms with E-state index in [9.17, 15) is 4.79 Å². The van der Waals surface area contributed by atoms with Gasteiger partial charge in [0.2, 0.25) is 5.91 Å². The highest BCUT2D eigenvalue weighted by Gasteiger charge is 2.00. The Bertz CT molecular complexity index is 594. The summed E-state index contributed by atoms with van der Waals surface area (Å²) in [6.07, 6.45) is 5.36. The van der Waals surface area contributed by atoms with Gasteiger partial charge in [-0.1, -0.05) is 72.8 Å². The lowest BCUT2D eigenvalue weighted by atomic mass is 10.2. The normalized spacial score (nSPS) is 10.8. The number of nitrogens with one attached hydrogen (secondary N) is 1. The molecule has 3 heteroatoms. The van der Waals surface area contributed by atoms with E-state index in [1.165, 1.54) is 5.56 Å². The van der Waals surface area contributed by atoms with Crippen molar-refractivity contribution in [3.8, 4) is 0 Å². The largest absolute Gasteiger partial charge is 0.376 e. The predicted octanol–water partition coefficient (Wildman–Crippen LogP) is 3.81. The summed E-state index contributed by atoms with van der Waals surface area (Å²) in [5, 5.41) is 2.90. The molecule has 0 aliphatic rings. The lowest BCUT2D eigenvalue weighted by Crippen LogP contribution is -2.25. The minimum atomic E-state index is 0.0335. The van der Waals surface area contributed by atoms with Crippen LogP contribution in [0.25, 0.3) is 6.08 Å². The molecule has 0 spiro atoms. The van der Waals surface area contributed by atoms with Crippen LogP contribution < -0.4 is 5.32 Å². The quantitative estimate of drug-likeness (QED) is 0.715. The fourth-order valence-electron chi connectivity index (χ4n) is 2.10. The van der Waals surface area contributed by atoms with E-state index in [2.05, 4.69) is 29.6 Å². The Morgan fingerprint density at radius 2 is 1.70 bits per heavy atom. The summed E-state index contributed by atoms with van der Waals surface area (Å²) in [5.41, 5.74) is 2.30. The highest BCUT2D eigenvalue weighted by Crippen LogP contribution is 2.02. The summed E-state index contributed by atoms with van der Waals surface area (Å²) in [6.45, 7) is 1.65. The van der Waals surface area contributed by atoms with Crippen molar-refractivity contribution in [2.45, 2.75) is 19.4 Å². The molecular formula is C20H23NO2. The number of rotatable bonds is 9. The first kappa shape index (κ1) is 17.0. The van der Waals surface area contributed by atoms with Crippen LogP contribution in [0, 0.1) is 0 Å². The van der Waals surface area contributed by atoms with E-state index in [0.717, 1.165) is 12.0 Å². The van der Waals surface area contributed by atoms with E-state index in [1.54, 1.807) is 0 Å². The molecule has 0 saturated heterocycles. The number of ether oxygens (including phenoxy) is 1. The number of hydrogen-bond acceptors (Lipinski definition) is 2. The molecule has 2 aromatic rings. The van der Waals surface area contributed by atoms with Crippen molar-refractivity contribution in [3.05, 3.63) is 77.9 Å². The third-order valence-corrected chi connectivity index (χ3v) is 3.33. The molecule has 0 aromatic heterocycles. The first-order valence-corrected chi connectivity index (χ1v) is 7.94. The van der Waals surface area contributed by atoms with Gasteiger partial charge >= 0.3 is 0 Å². The van der Waals surface area contributed by atoms with Crippen molar-refractivity contribution in [3.63, 3.8) is 0 Å². The van der Waals surface area contributed by atoms with E-state index >= 15 is 0 Å². The zero-order valence-corrected chi connectivity index (χ0v) is 13.3. The van der Waals surface area contributed by atoms with Crippen LogP contribution in [0.15, 0.2) is 66.7 Å². The van der Waals surface area contributed by atoms with E-state index in [0.29, 0.717) is 26.2 Å². The summed E-state index contributed by atoms with van der Waals surface area (Å²) in [6, 6.07) is 20.1. The summed E-state index contributed by atoms with van der Waals surface area (Å²) < 4.78 is 5.50. The third kappa shape index (κ3) is 7.43. The van der Waals surface area contributed by atoms with Gasteiger partial charge in [-0.3, -0.25) is 4.79 Å². The van der Waals surface area contributed by atoms with Gasteiger partial charge in [-0.25, -0.2) is 0 Å². The van der Waals surface area contributed by atoms with E-state index in [1.807, 2.05) is 48.5 Å². The topological polar surface area (TPSA) is 38.3 Å². The molecule has 0 saturated carbocycles. The summed E-state index contributed by atoms with van der Waals surface area (Å²) in [4.78, 5) is 11.7. The average Bonchev–Trinajstić information content (AvgIpc) is 2.60. The van der Waals surface area contributed by atoms with Gasteiger partial charge < -0.3 is 10.1 Å². The van der Waals surface area contributed by atoms with Crippen LogP contribution in [0.3, 0.4) is 0 Å². The fraction of sp³-hybridized carbons (Fsp3) is 0.250. The number of amides is 1. The Morgan fingerprint density at radius 3 is 2.43 bits per heavy atom. The molecule has 120 valence electrons. The second-order valence-electron chi connectivity index (χ2n) is 5.24. The average molecular weight is 309 g/mol. The molecule has 1 N–H and O–H groups in total. The highest BCUT2D eigenvalue weighted by molar-refractivity contribution is 5.75. The molecule has 0 radical (unpaired) electrons. The summed E-state index contributed by atoms with van der Waals surface area (Å²) in [5.74, 6) is 0.0335. The molecular weight excluding hydrogens is 286 g/mol. The third-order valence-electron chi connectivity index (χ3n) is 3.33. The molecule has 0 heterocycles. The van der Waals surface area contributed by atoms with Crippen molar-refractivity contribution in [1.82, 2.24) is 5.32 Å². The molecule has 0 aliphatic carbocycles. The van der Waals surface area contributed by atoms with Crippen molar-refractivity contribution >= 4 is 12.0 Å². The number of benzene rings is 2. The van der Waals surface area contributed by atoms with Gasteiger partial charge in [0, 0.05) is 13.0 Å². The monoisotopic (exact) mass is 309 g/mol. The van der Waals surface area contributed by atoms with Crippen LogP contribution in [-0.4, -0.2) is 19.1 Å². The Labute approximate surface area is 138 Å². The van der Waals surface area contributed by atoms with Crippen LogP contribution in [0.2, 0.25) is 0 Å². The molecule has 0 atom stereocenters. The number of carbonyl (C=O) groups excluding carboxylic acids is 1. The minimum absolute atomic E-state index is 0.0335. The van der Waals surface area contributed by atoms with Crippen LogP contribution in [0.1, 0.15) is 24.0 Å². The van der Waals surface area contributed by atoms with Crippen molar-refractivity contribution in [1.29, 1.82) is 0 Å². The maximum atomic E-state index is 11.7. The summed E-state index contributed by atoms with van der Waals surface area (Å²) in [7, 11) is 0. The SMILES string of the molecule is O=C(CCOCc1ccccc1)NCC/C=C/c1ccccc1. The first-order valence-electron chi connectivity index (χ1n) is 7.94. The van der Waals surface area contributed by atoms with Gasteiger partial charge in [0.05, 0.1) is 13.2 Å². The molecule has 0 bridgehead atoms. The van der Waals surface area contributed by atoms with Gasteiger partial charge in [0.1, 0.15) is 0 Å². The second-order valence-corrected chi connectivity index (χ2v) is 5.24. The smallest absolute Gasteiger partial charge is 0.222 e. The van der Waals surface area contributed by atoms with E-state index in [-0.39, 0.29) is 5.91 Å². The molecule has 0 aliphatic heterocycles. The lowest BCUT2D eigenvalue weighted by Gasteiger charge is -2.05. The second kappa shape index (κ2) is 10.4. The van der Waals surface area contributed by atoms with E-state index in [4.69, 9.17) is 4.74 Å². The van der Waals surface area contributed by atoms with Gasteiger partial charge in [-0.05, 0) is 17.5 Å². The highest BCUT2D eigenvalue weighted by atomic mass is 16.5. The predicted molar refractivity (Wildman–Crippen MR) is 93.8 cm³/mol. The molecule has 2 rings (SSSR count). The zero-order chi connectivity index (χ0) is 16.2. The molecule has 0 unspecified atom stereocenters. The molecule has 3 nitrogen and oxygen atoms in total. The van der Waals surface area contributed by atoms with Crippen molar-refractivity contribution in [2.75, 3.05) is 13.2 Å². The standard InChI is InChI=1S/C20H23NO2/c22-20(14-16-23-17-19-12-5-2-6-13-19)21-15-8-7-11-18-9-3-1-4-10-18/h1-7,9-13H,8,14-17H2,(H,21,22)/b11-7+. The Balaban J connectivity index is 1.51. The van der Waals surface area contributed by atoms with Crippen LogP contribution in [0.4, 0.5) is 0 Å². The Morgan fingerprint density at radius 1 is 1.00 bits per heavy atom. The maximum absolute atomic E-state index is 11.7. The van der Waals surface area contributed by atoms with Gasteiger partial charge in [-0.15, -0.1) is 0 Å². The Kier molecular flexibility index (Phi) is 7.64. The number of carbonyl (C=O) groups is 1. The lowest BCUT2D eigenvalue weighted by molar-refractivity contribution is -0.122.